The second-order valence-electron chi connectivity index (χ2n) is 4.75. The van der Waals surface area contributed by atoms with Crippen LogP contribution in [0.2, 0.25) is 0 Å². The Morgan fingerprint density at radius 3 is 2.65 bits per heavy atom. The van der Waals surface area contributed by atoms with Crippen molar-refractivity contribution in [2.45, 2.75) is 6.92 Å². The van der Waals surface area contributed by atoms with Gasteiger partial charge in [0.25, 0.3) is 0 Å². The molecule has 8 heteroatoms. The van der Waals surface area contributed by atoms with E-state index in [2.05, 4.69) is 25.3 Å². The molecule has 0 aliphatic rings. The van der Waals surface area contributed by atoms with Crippen LogP contribution in [0, 0.1) is 6.92 Å². The van der Waals surface area contributed by atoms with Gasteiger partial charge in [-0.1, -0.05) is 0 Å². The van der Waals surface area contributed by atoms with Crippen molar-refractivity contribution in [2.75, 3.05) is 0 Å². The van der Waals surface area contributed by atoms with E-state index in [1.165, 1.54) is 0 Å². The Hall–Kier alpha value is -2.77. The van der Waals surface area contributed by atoms with Gasteiger partial charge in [0, 0.05) is 14.1 Å². The van der Waals surface area contributed by atoms with E-state index in [0.29, 0.717) is 5.82 Å². The summed E-state index contributed by atoms with van der Waals surface area (Å²) in [7, 11) is 3.74. The highest BCUT2D eigenvalue weighted by Gasteiger charge is 2.14. The average Bonchev–Trinajstić information content (AvgIpc) is 3.06. The molecule has 0 aromatic carbocycles. The zero-order chi connectivity index (χ0) is 13.9. The maximum atomic E-state index is 4.60. The van der Waals surface area contributed by atoms with E-state index in [1.807, 2.05) is 27.1 Å². The Balaban J connectivity index is 2.03. The standard InChI is InChI=1S/C12H12N8/c1-7-4-9(18(2)16-7)10-15-12-8-5-14-19(3)11(8)13-6-20(12)17-10/h4-6H,1-3H3. The third-order valence-corrected chi connectivity index (χ3v) is 3.30. The zero-order valence-corrected chi connectivity index (χ0v) is 11.3. The summed E-state index contributed by atoms with van der Waals surface area (Å²) >= 11 is 0. The van der Waals surface area contributed by atoms with Crippen molar-refractivity contribution in [2.24, 2.45) is 14.1 Å². The molecule has 0 bridgehead atoms. The van der Waals surface area contributed by atoms with Crippen molar-refractivity contribution >= 4 is 16.7 Å². The molecule has 0 amide bonds. The molecule has 0 aliphatic carbocycles. The van der Waals surface area contributed by atoms with Gasteiger partial charge in [-0.2, -0.15) is 10.2 Å². The van der Waals surface area contributed by atoms with Crippen LogP contribution in [0.4, 0.5) is 0 Å². The highest BCUT2D eigenvalue weighted by atomic mass is 15.4. The third kappa shape index (κ3) is 1.38. The normalized spacial score (nSPS) is 11.8. The van der Waals surface area contributed by atoms with Crippen LogP contribution in [0.5, 0.6) is 0 Å². The SMILES string of the molecule is Cc1cc(-c2nc3c4cnn(C)c4ncn3n2)n(C)n1. The predicted molar refractivity (Wildman–Crippen MR) is 72.0 cm³/mol. The van der Waals surface area contributed by atoms with Crippen molar-refractivity contribution in [3.63, 3.8) is 0 Å². The minimum Gasteiger partial charge on any atom is -0.264 e. The first-order chi connectivity index (χ1) is 9.63. The summed E-state index contributed by atoms with van der Waals surface area (Å²) in [4.78, 5) is 8.94. The Bertz CT molecular complexity index is 941. The van der Waals surface area contributed by atoms with Gasteiger partial charge in [0.15, 0.2) is 17.1 Å². The summed E-state index contributed by atoms with van der Waals surface area (Å²) in [6.45, 7) is 1.94. The number of hydrogen-bond donors (Lipinski definition) is 0. The fourth-order valence-corrected chi connectivity index (χ4v) is 2.37. The zero-order valence-electron chi connectivity index (χ0n) is 11.3. The quantitative estimate of drug-likeness (QED) is 0.508. The molecule has 0 saturated heterocycles. The van der Waals surface area contributed by atoms with Crippen LogP contribution in [0.25, 0.3) is 28.2 Å². The molecular weight excluding hydrogens is 256 g/mol. The molecule has 8 nitrogen and oxygen atoms in total. The number of nitrogens with zero attached hydrogens (tertiary/aromatic N) is 8. The lowest BCUT2D eigenvalue weighted by atomic mass is 10.3. The number of hydrogen-bond acceptors (Lipinski definition) is 5. The maximum absolute atomic E-state index is 4.60. The lowest BCUT2D eigenvalue weighted by Crippen LogP contribution is -1.96. The Kier molecular flexibility index (Phi) is 2.01. The minimum atomic E-state index is 0.631. The average molecular weight is 268 g/mol. The van der Waals surface area contributed by atoms with E-state index in [9.17, 15) is 0 Å². The van der Waals surface area contributed by atoms with Crippen LogP contribution >= 0.6 is 0 Å². The van der Waals surface area contributed by atoms with Gasteiger partial charge in [0.05, 0.1) is 17.3 Å². The van der Waals surface area contributed by atoms with Crippen molar-refractivity contribution in [1.29, 1.82) is 0 Å². The third-order valence-electron chi connectivity index (χ3n) is 3.30. The van der Waals surface area contributed by atoms with Gasteiger partial charge in [-0.3, -0.25) is 9.36 Å². The molecule has 4 aromatic heterocycles. The van der Waals surface area contributed by atoms with Gasteiger partial charge in [-0.15, -0.1) is 5.10 Å². The van der Waals surface area contributed by atoms with E-state index in [-0.39, 0.29) is 0 Å². The monoisotopic (exact) mass is 268 g/mol. The lowest BCUT2D eigenvalue weighted by Gasteiger charge is -1.93. The molecular formula is C12H12N8. The van der Waals surface area contributed by atoms with Crippen LogP contribution in [0.15, 0.2) is 18.6 Å². The van der Waals surface area contributed by atoms with Crippen molar-refractivity contribution in [1.82, 2.24) is 39.1 Å². The molecule has 100 valence electrons. The molecule has 4 rings (SSSR count). The Morgan fingerprint density at radius 1 is 1.05 bits per heavy atom. The molecule has 0 unspecified atom stereocenters. The molecule has 0 atom stereocenters. The maximum Gasteiger partial charge on any atom is 0.200 e. The first-order valence-electron chi connectivity index (χ1n) is 6.17. The number of aryl methyl sites for hydroxylation is 3. The molecule has 0 saturated carbocycles. The van der Waals surface area contributed by atoms with E-state index in [4.69, 9.17) is 0 Å². The summed E-state index contributed by atoms with van der Waals surface area (Å²) in [6.07, 6.45) is 3.41. The molecule has 0 radical (unpaired) electrons. The first-order valence-corrected chi connectivity index (χ1v) is 6.17. The summed E-state index contributed by atoms with van der Waals surface area (Å²) in [5.74, 6) is 0.631. The number of fused-ring (bicyclic) bond motifs is 3. The minimum absolute atomic E-state index is 0.631. The number of aromatic nitrogens is 8. The van der Waals surface area contributed by atoms with Crippen LogP contribution in [-0.4, -0.2) is 39.1 Å². The largest absolute Gasteiger partial charge is 0.264 e. The molecule has 20 heavy (non-hydrogen) atoms. The van der Waals surface area contributed by atoms with E-state index < -0.39 is 0 Å². The molecule has 4 heterocycles. The highest BCUT2D eigenvalue weighted by molar-refractivity contribution is 5.88. The van der Waals surface area contributed by atoms with Gasteiger partial charge in [0.1, 0.15) is 12.0 Å². The van der Waals surface area contributed by atoms with Crippen molar-refractivity contribution < 1.29 is 0 Å². The topological polar surface area (TPSA) is 78.7 Å². The van der Waals surface area contributed by atoms with Crippen LogP contribution in [-0.2, 0) is 14.1 Å². The molecule has 4 aromatic rings. The first kappa shape index (κ1) is 11.1. The second kappa shape index (κ2) is 3.62. The lowest BCUT2D eigenvalue weighted by molar-refractivity contribution is 0.757. The summed E-state index contributed by atoms with van der Waals surface area (Å²) < 4.78 is 5.16. The summed E-state index contributed by atoms with van der Waals surface area (Å²) in [5.41, 5.74) is 3.35. The van der Waals surface area contributed by atoms with Gasteiger partial charge in [-0.25, -0.2) is 14.5 Å². The Labute approximate surface area is 113 Å². The predicted octanol–water partition coefficient (Wildman–Crippen LogP) is 0.720. The van der Waals surface area contributed by atoms with Gasteiger partial charge >= 0.3 is 0 Å². The molecule has 0 aliphatic heterocycles. The smallest absolute Gasteiger partial charge is 0.200 e. The molecule has 0 fully saturated rings. The van der Waals surface area contributed by atoms with Crippen molar-refractivity contribution in [3.8, 4) is 11.5 Å². The highest BCUT2D eigenvalue weighted by Crippen LogP contribution is 2.20. The fourth-order valence-electron chi connectivity index (χ4n) is 2.37. The molecule has 0 N–H and O–H groups in total. The van der Waals surface area contributed by atoms with E-state index in [0.717, 1.165) is 28.1 Å². The van der Waals surface area contributed by atoms with E-state index in [1.54, 1.807) is 26.4 Å². The van der Waals surface area contributed by atoms with Gasteiger partial charge in [0.2, 0.25) is 0 Å². The van der Waals surface area contributed by atoms with Crippen LogP contribution in [0.3, 0.4) is 0 Å². The second-order valence-corrected chi connectivity index (χ2v) is 4.75. The van der Waals surface area contributed by atoms with Crippen molar-refractivity contribution in [3.05, 3.63) is 24.3 Å². The van der Waals surface area contributed by atoms with Crippen LogP contribution in [0.1, 0.15) is 5.69 Å². The van der Waals surface area contributed by atoms with Crippen LogP contribution < -0.4 is 0 Å². The fraction of sp³-hybridized carbons (Fsp3) is 0.250. The summed E-state index contributed by atoms with van der Waals surface area (Å²) in [6, 6.07) is 1.96. The Morgan fingerprint density at radius 2 is 1.90 bits per heavy atom. The number of rotatable bonds is 1. The summed E-state index contributed by atoms with van der Waals surface area (Å²) in [5, 5.41) is 13.9. The van der Waals surface area contributed by atoms with Gasteiger partial charge in [-0.05, 0) is 13.0 Å². The van der Waals surface area contributed by atoms with Gasteiger partial charge < -0.3 is 0 Å². The van der Waals surface area contributed by atoms with E-state index >= 15 is 0 Å². The molecule has 0 spiro atoms.